The third-order valence-electron chi connectivity index (χ3n) is 3.59. The van der Waals surface area contributed by atoms with Crippen LogP contribution < -0.4 is 5.32 Å². The van der Waals surface area contributed by atoms with E-state index in [1.165, 1.54) is 0 Å². The molecule has 1 aromatic heterocycles. The molecule has 2 heterocycles. The minimum Gasteiger partial charge on any atom is -0.339 e. The molecular formula is C14H17N3O3S. The maximum absolute atomic E-state index is 12.0. The SMILES string of the molecule is Cc1cccc(-c2noc(CC3CNCCS3(=O)=O)n2)c1. The van der Waals surface area contributed by atoms with Gasteiger partial charge < -0.3 is 9.84 Å². The van der Waals surface area contributed by atoms with Gasteiger partial charge in [-0.3, -0.25) is 0 Å². The van der Waals surface area contributed by atoms with Crippen LogP contribution in [0.15, 0.2) is 28.8 Å². The van der Waals surface area contributed by atoms with Gasteiger partial charge in [0.05, 0.1) is 11.0 Å². The molecule has 1 fully saturated rings. The molecule has 112 valence electrons. The second-order valence-electron chi connectivity index (χ2n) is 5.28. The highest BCUT2D eigenvalue weighted by atomic mass is 32.2. The smallest absolute Gasteiger partial charge is 0.228 e. The summed E-state index contributed by atoms with van der Waals surface area (Å²) in [5.74, 6) is 1.02. The van der Waals surface area contributed by atoms with Crippen LogP contribution in [-0.4, -0.2) is 42.7 Å². The minimum absolute atomic E-state index is 0.163. The van der Waals surface area contributed by atoms with Crippen LogP contribution >= 0.6 is 0 Å². The Morgan fingerprint density at radius 2 is 2.29 bits per heavy atom. The first-order chi connectivity index (χ1) is 10.0. The Morgan fingerprint density at radius 3 is 3.05 bits per heavy atom. The molecule has 0 bridgehead atoms. The lowest BCUT2D eigenvalue weighted by Gasteiger charge is -2.21. The Hall–Kier alpha value is -1.73. The zero-order chi connectivity index (χ0) is 14.9. The summed E-state index contributed by atoms with van der Waals surface area (Å²) in [5, 5.41) is 6.54. The summed E-state index contributed by atoms with van der Waals surface area (Å²) in [4.78, 5) is 4.31. The number of aromatic nitrogens is 2. The number of sulfone groups is 1. The summed E-state index contributed by atoms with van der Waals surface area (Å²) in [5.41, 5.74) is 1.98. The van der Waals surface area contributed by atoms with E-state index in [1.54, 1.807) is 0 Å². The van der Waals surface area contributed by atoms with E-state index in [-0.39, 0.29) is 12.2 Å². The van der Waals surface area contributed by atoms with Crippen molar-refractivity contribution in [1.82, 2.24) is 15.5 Å². The zero-order valence-corrected chi connectivity index (χ0v) is 12.6. The molecular weight excluding hydrogens is 290 g/mol. The van der Waals surface area contributed by atoms with E-state index in [0.29, 0.717) is 24.8 Å². The van der Waals surface area contributed by atoms with Crippen molar-refractivity contribution in [1.29, 1.82) is 0 Å². The van der Waals surface area contributed by atoms with Crippen molar-refractivity contribution in [3.63, 3.8) is 0 Å². The van der Waals surface area contributed by atoms with Gasteiger partial charge in [-0.05, 0) is 13.0 Å². The van der Waals surface area contributed by atoms with E-state index in [4.69, 9.17) is 4.52 Å². The van der Waals surface area contributed by atoms with Crippen LogP contribution in [0, 0.1) is 6.92 Å². The standard InChI is InChI=1S/C14H17N3O3S/c1-10-3-2-4-11(7-10)14-16-13(20-17-14)8-12-9-15-5-6-21(12,18)19/h2-4,7,12,15H,5-6,8-9H2,1H3. The van der Waals surface area contributed by atoms with Gasteiger partial charge in [0.2, 0.25) is 11.7 Å². The van der Waals surface area contributed by atoms with E-state index in [1.807, 2.05) is 31.2 Å². The third kappa shape index (κ3) is 3.14. The molecule has 1 atom stereocenters. The Kier molecular flexibility index (Phi) is 3.77. The Labute approximate surface area is 123 Å². The largest absolute Gasteiger partial charge is 0.339 e. The van der Waals surface area contributed by atoms with Crippen LogP contribution in [0.4, 0.5) is 0 Å². The fourth-order valence-corrected chi connectivity index (χ4v) is 3.93. The van der Waals surface area contributed by atoms with Gasteiger partial charge in [-0.25, -0.2) is 8.42 Å². The summed E-state index contributed by atoms with van der Waals surface area (Å²) in [6.07, 6.45) is 0.258. The van der Waals surface area contributed by atoms with E-state index >= 15 is 0 Å². The molecule has 3 rings (SSSR count). The Morgan fingerprint density at radius 1 is 1.43 bits per heavy atom. The van der Waals surface area contributed by atoms with Gasteiger partial charge in [-0.15, -0.1) is 0 Å². The summed E-state index contributed by atoms with van der Waals surface area (Å²) in [6, 6.07) is 7.79. The number of benzene rings is 1. The van der Waals surface area contributed by atoms with E-state index in [9.17, 15) is 8.42 Å². The topological polar surface area (TPSA) is 85.1 Å². The zero-order valence-electron chi connectivity index (χ0n) is 11.7. The highest BCUT2D eigenvalue weighted by Crippen LogP contribution is 2.19. The molecule has 1 aromatic carbocycles. The molecule has 1 N–H and O–H groups in total. The van der Waals surface area contributed by atoms with Crippen molar-refractivity contribution in [2.24, 2.45) is 0 Å². The quantitative estimate of drug-likeness (QED) is 0.909. The molecule has 1 saturated heterocycles. The van der Waals surface area contributed by atoms with Crippen LogP contribution in [0.5, 0.6) is 0 Å². The van der Waals surface area contributed by atoms with Crippen molar-refractivity contribution >= 4 is 9.84 Å². The molecule has 0 spiro atoms. The summed E-state index contributed by atoms with van der Waals surface area (Å²) in [6.45, 7) is 2.94. The Bertz CT molecular complexity index is 739. The van der Waals surface area contributed by atoms with Crippen molar-refractivity contribution in [3.05, 3.63) is 35.7 Å². The van der Waals surface area contributed by atoms with Crippen LogP contribution in [-0.2, 0) is 16.3 Å². The molecule has 7 heteroatoms. The van der Waals surface area contributed by atoms with Crippen LogP contribution in [0.1, 0.15) is 11.5 Å². The lowest BCUT2D eigenvalue weighted by atomic mass is 10.1. The van der Waals surface area contributed by atoms with E-state index in [2.05, 4.69) is 15.5 Å². The van der Waals surface area contributed by atoms with Gasteiger partial charge in [0.15, 0.2) is 9.84 Å². The second-order valence-corrected chi connectivity index (χ2v) is 7.68. The van der Waals surface area contributed by atoms with Gasteiger partial charge in [0, 0.05) is 25.1 Å². The first-order valence-corrected chi connectivity index (χ1v) is 8.58. The number of nitrogens with one attached hydrogen (secondary N) is 1. The molecule has 0 amide bonds. The molecule has 6 nitrogen and oxygen atoms in total. The number of nitrogens with zero attached hydrogens (tertiary/aromatic N) is 2. The molecule has 0 radical (unpaired) electrons. The lowest BCUT2D eigenvalue weighted by Crippen LogP contribution is -2.45. The summed E-state index contributed by atoms with van der Waals surface area (Å²) >= 11 is 0. The second kappa shape index (κ2) is 5.57. The molecule has 1 aliphatic heterocycles. The van der Waals surface area contributed by atoms with E-state index < -0.39 is 15.1 Å². The van der Waals surface area contributed by atoms with Crippen LogP contribution in [0.3, 0.4) is 0 Å². The highest BCUT2D eigenvalue weighted by Gasteiger charge is 2.30. The molecule has 1 unspecified atom stereocenters. The van der Waals surface area contributed by atoms with Gasteiger partial charge in [0.25, 0.3) is 0 Å². The molecule has 0 aliphatic carbocycles. The monoisotopic (exact) mass is 307 g/mol. The van der Waals surface area contributed by atoms with Gasteiger partial charge in [0.1, 0.15) is 0 Å². The summed E-state index contributed by atoms with van der Waals surface area (Å²) in [7, 11) is -3.07. The van der Waals surface area contributed by atoms with Gasteiger partial charge in [-0.1, -0.05) is 28.9 Å². The predicted octanol–water partition coefficient (Wildman–Crippen LogP) is 0.974. The van der Waals surface area contributed by atoms with E-state index in [0.717, 1.165) is 11.1 Å². The van der Waals surface area contributed by atoms with Gasteiger partial charge in [-0.2, -0.15) is 4.98 Å². The van der Waals surface area contributed by atoms with Crippen molar-refractivity contribution in [2.75, 3.05) is 18.8 Å². The lowest BCUT2D eigenvalue weighted by molar-refractivity contribution is 0.373. The molecule has 0 saturated carbocycles. The maximum Gasteiger partial charge on any atom is 0.228 e. The third-order valence-corrected chi connectivity index (χ3v) is 5.71. The van der Waals surface area contributed by atoms with Crippen molar-refractivity contribution < 1.29 is 12.9 Å². The first-order valence-electron chi connectivity index (χ1n) is 6.86. The molecule has 2 aromatic rings. The summed E-state index contributed by atoms with van der Waals surface area (Å²) < 4.78 is 29.2. The molecule has 1 aliphatic rings. The fraction of sp³-hybridized carbons (Fsp3) is 0.429. The molecule has 21 heavy (non-hydrogen) atoms. The van der Waals surface area contributed by atoms with Gasteiger partial charge >= 0.3 is 0 Å². The van der Waals surface area contributed by atoms with Crippen LogP contribution in [0.25, 0.3) is 11.4 Å². The number of hydrogen-bond donors (Lipinski definition) is 1. The van der Waals surface area contributed by atoms with Crippen LogP contribution in [0.2, 0.25) is 0 Å². The predicted molar refractivity (Wildman–Crippen MR) is 78.6 cm³/mol. The average molecular weight is 307 g/mol. The average Bonchev–Trinajstić information content (AvgIpc) is 2.90. The Balaban J connectivity index is 1.79. The number of aryl methyl sites for hydroxylation is 1. The number of rotatable bonds is 3. The first kappa shape index (κ1) is 14.2. The minimum atomic E-state index is -3.07. The number of hydrogen-bond acceptors (Lipinski definition) is 6. The normalized spacial score (nSPS) is 21.3. The highest BCUT2D eigenvalue weighted by molar-refractivity contribution is 7.92. The van der Waals surface area contributed by atoms with Crippen molar-refractivity contribution in [3.8, 4) is 11.4 Å². The fourth-order valence-electron chi connectivity index (χ4n) is 2.40. The van der Waals surface area contributed by atoms with Crippen molar-refractivity contribution in [2.45, 2.75) is 18.6 Å². The maximum atomic E-state index is 12.0.